The Balaban J connectivity index is 2.50. The van der Waals surface area contributed by atoms with Crippen LogP contribution in [0.1, 0.15) is 39.2 Å². The molecule has 2 atom stereocenters. The maximum atomic E-state index is 12.2. The first kappa shape index (κ1) is 18.5. The summed E-state index contributed by atoms with van der Waals surface area (Å²) < 4.78 is 5.40. The van der Waals surface area contributed by atoms with Crippen molar-refractivity contribution in [1.82, 2.24) is 4.90 Å². The van der Waals surface area contributed by atoms with E-state index in [2.05, 4.69) is 19.1 Å². The van der Waals surface area contributed by atoms with E-state index in [9.17, 15) is 9.90 Å². The van der Waals surface area contributed by atoms with Gasteiger partial charge in [-0.1, -0.05) is 50.6 Å². The zero-order valence-electron chi connectivity index (χ0n) is 14.2. The van der Waals surface area contributed by atoms with Gasteiger partial charge in [-0.25, -0.2) is 4.79 Å². The molecule has 0 saturated carbocycles. The molecule has 1 aromatic rings. The Morgan fingerprint density at radius 1 is 1.36 bits per heavy atom. The van der Waals surface area contributed by atoms with Gasteiger partial charge in [-0.05, 0) is 25.3 Å². The van der Waals surface area contributed by atoms with Crippen LogP contribution in [0.15, 0.2) is 30.3 Å². The lowest BCUT2D eigenvalue weighted by molar-refractivity contribution is 0.0264. The third kappa shape index (κ3) is 5.68. The van der Waals surface area contributed by atoms with E-state index < -0.39 is 0 Å². The topological polar surface area (TPSA) is 49.8 Å². The van der Waals surface area contributed by atoms with Crippen molar-refractivity contribution in [2.24, 2.45) is 5.41 Å². The maximum Gasteiger partial charge on any atom is 0.409 e. The minimum absolute atomic E-state index is 0.0252. The fourth-order valence-corrected chi connectivity index (χ4v) is 2.41. The van der Waals surface area contributed by atoms with E-state index in [0.29, 0.717) is 0 Å². The van der Waals surface area contributed by atoms with Crippen LogP contribution in [0.4, 0.5) is 4.79 Å². The van der Waals surface area contributed by atoms with Crippen LogP contribution < -0.4 is 0 Å². The van der Waals surface area contributed by atoms with Gasteiger partial charge in [0.05, 0.1) is 6.61 Å². The lowest BCUT2D eigenvalue weighted by atomic mass is 9.88. The van der Waals surface area contributed by atoms with Gasteiger partial charge in [0.15, 0.2) is 0 Å². The predicted molar refractivity (Wildman–Crippen MR) is 88.8 cm³/mol. The number of hydrogen-bond donors (Lipinski definition) is 1. The summed E-state index contributed by atoms with van der Waals surface area (Å²) in [6.07, 6.45) is 2.24. The lowest BCUT2D eigenvalue weighted by Crippen LogP contribution is -2.39. The minimum Gasteiger partial charge on any atom is -0.449 e. The van der Waals surface area contributed by atoms with E-state index >= 15 is 0 Å². The molecule has 0 saturated heterocycles. The standard InChI is InChI=1S/C18H29NO3/c1-5-11-18(3,13-20)14-22-17(21)19(4)15(2)12-16-9-7-6-8-10-16/h6-10,15,20H,5,11-14H2,1-4H3. The maximum absolute atomic E-state index is 12.2. The zero-order chi connectivity index (χ0) is 16.6. The average Bonchev–Trinajstić information content (AvgIpc) is 2.53. The Morgan fingerprint density at radius 3 is 2.55 bits per heavy atom. The largest absolute Gasteiger partial charge is 0.449 e. The van der Waals surface area contributed by atoms with E-state index in [1.165, 1.54) is 5.56 Å². The molecule has 0 fully saturated rings. The molecular weight excluding hydrogens is 278 g/mol. The second kappa shape index (κ2) is 8.79. The number of benzene rings is 1. The molecule has 0 aliphatic heterocycles. The molecule has 1 N–H and O–H groups in total. The molecule has 1 amide bonds. The van der Waals surface area contributed by atoms with Crippen molar-refractivity contribution in [1.29, 1.82) is 0 Å². The van der Waals surface area contributed by atoms with Crippen LogP contribution in [-0.2, 0) is 11.2 Å². The molecule has 0 aliphatic rings. The van der Waals surface area contributed by atoms with Gasteiger partial charge in [0, 0.05) is 18.5 Å². The van der Waals surface area contributed by atoms with Crippen molar-refractivity contribution in [2.75, 3.05) is 20.3 Å². The van der Waals surface area contributed by atoms with E-state index in [-0.39, 0.29) is 30.8 Å². The first-order valence-electron chi connectivity index (χ1n) is 7.96. The highest BCUT2D eigenvalue weighted by Gasteiger charge is 2.26. The number of ether oxygens (including phenoxy) is 1. The molecule has 4 heteroatoms. The van der Waals surface area contributed by atoms with Crippen molar-refractivity contribution < 1.29 is 14.6 Å². The zero-order valence-corrected chi connectivity index (χ0v) is 14.2. The Hall–Kier alpha value is -1.55. The molecule has 1 rings (SSSR count). The van der Waals surface area contributed by atoms with Crippen LogP contribution >= 0.6 is 0 Å². The Morgan fingerprint density at radius 2 is 2.00 bits per heavy atom. The molecule has 0 heterocycles. The normalized spacial score (nSPS) is 15.0. The number of carbonyl (C=O) groups is 1. The van der Waals surface area contributed by atoms with Crippen molar-refractivity contribution in [2.45, 2.75) is 46.1 Å². The second-order valence-corrected chi connectivity index (χ2v) is 6.42. The molecule has 124 valence electrons. The van der Waals surface area contributed by atoms with Crippen LogP contribution in [0.3, 0.4) is 0 Å². The second-order valence-electron chi connectivity index (χ2n) is 6.42. The smallest absolute Gasteiger partial charge is 0.409 e. The highest BCUT2D eigenvalue weighted by atomic mass is 16.6. The molecule has 0 radical (unpaired) electrons. The summed E-state index contributed by atoms with van der Waals surface area (Å²) in [7, 11) is 1.76. The SMILES string of the molecule is CCCC(C)(CO)COC(=O)N(C)C(C)Cc1ccccc1. The molecule has 0 aromatic heterocycles. The third-order valence-electron chi connectivity index (χ3n) is 4.10. The summed E-state index contributed by atoms with van der Waals surface area (Å²) >= 11 is 0. The molecule has 0 spiro atoms. The highest BCUT2D eigenvalue weighted by molar-refractivity contribution is 5.67. The molecular formula is C18H29NO3. The van der Waals surface area contributed by atoms with Gasteiger partial charge >= 0.3 is 6.09 Å². The number of aliphatic hydroxyl groups excluding tert-OH is 1. The third-order valence-corrected chi connectivity index (χ3v) is 4.10. The van der Waals surface area contributed by atoms with Crippen LogP contribution in [0.25, 0.3) is 0 Å². The number of amides is 1. The Labute approximate surface area is 134 Å². The number of carbonyl (C=O) groups excluding carboxylic acids is 1. The van der Waals surface area contributed by atoms with Gasteiger partial charge in [-0.2, -0.15) is 0 Å². The van der Waals surface area contributed by atoms with Gasteiger partial charge in [0.1, 0.15) is 6.61 Å². The van der Waals surface area contributed by atoms with E-state index in [0.717, 1.165) is 19.3 Å². The molecule has 4 nitrogen and oxygen atoms in total. The van der Waals surface area contributed by atoms with Crippen molar-refractivity contribution in [3.8, 4) is 0 Å². The average molecular weight is 307 g/mol. The molecule has 22 heavy (non-hydrogen) atoms. The summed E-state index contributed by atoms with van der Waals surface area (Å²) in [6, 6.07) is 10.1. The quantitative estimate of drug-likeness (QED) is 0.800. The summed E-state index contributed by atoms with van der Waals surface area (Å²) in [5.74, 6) is 0. The number of likely N-dealkylation sites (N-methyl/N-ethyl adjacent to an activating group) is 1. The van der Waals surface area contributed by atoms with Crippen molar-refractivity contribution >= 4 is 6.09 Å². The molecule has 2 unspecified atom stereocenters. The fourth-order valence-electron chi connectivity index (χ4n) is 2.41. The van der Waals surface area contributed by atoms with Gasteiger partial charge in [0.2, 0.25) is 0 Å². The van der Waals surface area contributed by atoms with E-state index in [1.54, 1.807) is 11.9 Å². The summed E-state index contributed by atoms with van der Waals surface area (Å²) in [5.41, 5.74) is 0.842. The highest BCUT2D eigenvalue weighted by Crippen LogP contribution is 2.23. The van der Waals surface area contributed by atoms with Crippen LogP contribution in [0, 0.1) is 5.41 Å². The predicted octanol–water partition coefficient (Wildman–Crippen LogP) is 3.48. The Kier molecular flexibility index (Phi) is 7.39. The van der Waals surface area contributed by atoms with Crippen molar-refractivity contribution in [3.05, 3.63) is 35.9 Å². The first-order valence-corrected chi connectivity index (χ1v) is 7.96. The Bertz CT molecular complexity index is 449. The van der Waals surface area contributed by atoms with E-state index in [4.69, 9.17) is 4.74 Å². The van der Waals surface area contributed by atoms with E-state index in [1.807, 2.05) is 32.0 Å². The van der Waals surface area contributed by atoms with Gasteiger partial charge in [0.25, 0.3) is 0 Å². The van der Waals surface area contributed by atoms with Gasteiger partial charge in [-0.15, -0.1) is 0 Å². The summed E-state index contributed by atoms with van der Waals surface area (Å²) in [4.78, 5) is 13.8. The van der Waals surface area contributed by atoms with Crippen LogP contribution in [0.5, 0.6) is 0 Å². The molecule has 0 aliphatic carbocycles. The number of nitrogens with zero attached hydrogens (tertiary/aromatic N) is 1. The molecule has 0 bridgehead atoms. The first-order chi connectivity index (χ1) is 10.4. The van der Waals surface area contributed by atoms with Gasteiger partial charge < -0.3 is 14.7 Å². The van der Waals surface area contributed by atoms with Crippen LogP contribution in [-0.4, -0.2) is 42.4 Å². The number of aliphatic hydroxyl groups is 1. The van der Waals surface area contributed by atoms with Gasteiger partial charge in [-0.3, -0.25) is 0 Å². The summed E-state index contributed by atoms with van der Waals surface area (Å²) in [6.45, 7) is 6.28. The fraction of sp³-hybridized carbons (Fsp3) is 0.611. The number of rotatable bonds is 8. The van der Waals surface area contributed by atoms with Crippen LogP contribution in [0.2, 0.25) is 0 Å². The monoisotopic (exact) mass is 307 g/mol. The van der Waals surface area contributed by atoms with Crippen molar-refractivity contribution in [3.63, 3.8) is 0 Å². The molecule has 1 aromatic carbocycles. The lowest BCUT2D eigenvalue weighted by Gasteiger charge is -2.29. The number of hydrogen-bond acceptors (Lipinski definition) is 3. The summed E-state index contributed by atoms with van der Waals surface area (Å²) in [5, 5.41) is 9.47. The minimum atomic E-state index is -0.353.